The average Bonchev–Trinajstić information content (AvgIpc) is 2.89. The Morgan fingerprint density at radius 2 is 2.08 bits per heavy atom. The minimum atomic E-state index is -1.35. The van der Waals surface area contributed by atoms with Gasteiger partial charge in [0.1, 0.15) is 0 Å². The maximum absolute atomic E-state index is 8.94. The van der Waals surface area contributed by atoms with Crippen molar-refractivity contribution in [3.63, 3.8) is 0 Å². The molecule has 0 unspecified atom stereocenters. The molecular weight excluding hydrogens is 184 g/mol. The van der Waals surface area contributed by atoms with Gasteiger partial charge in [-0.3, -0.25) is 0 Å². The first-order chi connectivity index (χ1) is 6.25. The van der Waals surface area contributed by atoms with Crippen molar-refractivity contribution < 1.29 is 10.2 Å². The third kappa shape index (κ3) is 2.46. The molecule has 0 aromatic heterocycles. The number of hydrogen-bond acceptors (Lipinski definition) is 3. The van der Waals surface area contributed by atoms with Crippen LogP contribution in [0.2, 0.25) is 0 Å². The van der Waals surface area contributed by atoms with E-state index in [1.54, 1.807) is 6.07 Å². The van der Waals surface area contributed by atoms with Gasteiger partial charge in [0.25, 0.3) is 0 Å². The van der Waals surface area contributed by atoms with Crippen molar-refractivity contribution in [3.8, 4) is 0 Å². The van der Waals surface area contributed by atoms with E-state index in [0.29, 0.717) is 5.56 Å². The molecule has 0 aliphatic heterocycles. The van der Waals surface area contributed by atoms with Crippen LogP contribution in [0.5, 0.6) is 0 Å². The van der Waals surface area contributed by atoms with Crippen LogP contribution in [0.3, 0.4) is 0 Å². The first kappa shape index (κ1) is 9.06. The third-order valence-electron chi connectivity index (χ3n) is 1.98. The fraction of sp³-hybridized carbons (Fsp3) is 0.400. The van der Waals surface area contributed by atoms with Crippen LogP contribution in [-0.2, 0) is 0 Å². The van der Waals surface area contributed by atoms with Crippen molar-refractivity contribution in [2.75, 3.05) is 0 Å². The summed E-state index contributed by atoms with van der Waals surface area (Å²) < 4.78 is 0. The fourth-order valence-corrected chi connectivity index (χ4v) is 2.24. The number of hydrogen-bond donors (Lipinski definition) is 2. The maximum Gasteiger partial charge on any atom is 0.178 e. The van der Waals surface area contributed by atoms with Crippen LogP contribution < -0.4 is 0 Å². The van der Waals surface area contributed by atoms with Crippen molar-refractivity contribution in [3.05, 3.63) is 29.8 Å². The first-order valence-electron chi connectivity index (χ1n) is 4.38. The van der Waals surface area contributed by atoms with Gasteiger partial charge in [0.05, 0.1) is 0 Å². The summed E-state index contributed by atoms with van der Waals surface area (Å²) in [7, 11) is 0. The molecule has 3 heteroatoms. The van der Waals surface area contributed by atoms with Crippen LogP contribution in [0.25, 0.3) is 0 Å². The van der Waals surface area contributed by atoms with Gasteiger partial charge >= 0.3 is 0 Å². The number of thioether (sulfide) groups is 1. The van der Waals surface area contributed by atoms with Crippen molar-refractivity contribution in [1.82, 2.24) is 0 Å². The van der Waals surface area contributed by atoms with Gasteiger partial charge in [-0.1, -0.05) is 12.1 Å². The predicted molar refractivity (Wildman–Crippen MR) is 52.5 cm³/mol. The van der Waals surface area contributed by atoms with Crippen molar-refractivity contribution >= 4 is 11.8 Å². The zero-order valence-corrected chi connectivity index (χ0v) is 8.00. The predicted octanol–water partition coefficient (Wildman–Crippen LogP) is 1.92. The zero-order valence-electron chi connectivity index (χ0n) is 7.18. The standard InChI is InChI=1S/C10H12O2S/c11-10(12)7-2-1-3-9(6-7)13-8-4-5-8/h1-3,6,8,10-12H,4-5H2. The van der Waals surface area contributed by atoms with E-state index >= 15 is 0 Å². The van der Waals surface area contributed by atoms with E-state index in [0.717, 1.165) is 10.1 Å². The van der Waals surface area contributed by atoms with Gasteiger partial charge in [-0.15, -0.1) is 11.8 Å². The summed E-state index contributed by atoms with van der Waals surface area (Å²) in [5, 5.41) is 18.6. The SMILES string of the molecule is OC(O)c1cccc(SC2CC2)c1. The minimum Gasteiger partial charge on any atom is -0.364 e. The Bertz CT molecular complexity index is 295. The van der Waals surface area contributed by atoms with Gasteiger partial charge in [-0.25, -0.2) is 0 Å². The molecule has 0 atom stereocenters. The summed E-state index contributed by atoms with van der Waals surface area (Å²) in [6, 6.07) is 7.43. The summed E-state index contributed by atoms with van der Waals surface area (Å²) in [5.74, 6) is 0. The highest BCUT2D eigenvalue weighted by atomic mass is 32.2. The normalized spacial score (nSPS) is 16.5. The van der Waals surface area contributed by atoms with E-state index in [4.69, 9.17) is 10.2 Å². The van der Waals surface area contributed by atoms with Gasteiger partial charge in [-0.05, 0) is 25.0 Å². The molecule has 1 aliphatic rings. The number of aliphatic hydroxyl groups is 2. The van der Waals surface area contributed by atoms with E-state index in [2.05, 4.69) is 0 Å². The molecule has 70 valence electrons. The molecule has 1 aliphatic carbocycles. The van der Waals surface area contributed by atoms with Gasteiger partial charge in [0.2, 0.25) is 0 Å². The molecule has 2 rings (SSSR count). The number of aliphatic hydroxyl groups excluding tert-OH is 1. The summed E-state index contributed by atoms with van der Waals surface area (Å²) in [6.45, 7) is 0. The smallest absolute Gasteiger partial charge is 0.178 e. The van der Waals surface area contributed by atoms with Gasteiger partial charge in [0.15, 0.2) is 6.29 Å². The lowest BCUT2D eigenvalue weighted by atomic mass is 10.2. The Morgan fingerprint density at radius 1 is 1.31 bits per heavy atom. The lowest BCUT2D eigenvalue weighted by Crippen LogP contribution is -1.94. The second kappa shape index (κ2) is 3.70. The Kier molecular flexibility index (Phi) is 2.58. The van der Waals surface area contributed by atoms with E-state index < -0.39 is 6.29 Å². The second-order valence-corrected chi connectivity index (χ2v) is 4.64. The third-order valence-corrected chi connectivity index (χ3v) is 3.31. The van der Waals surface area contributed by atoms with Crippen LogP contribution >= 0.6 is 11.8 Å². The zero-order chi connectivity index (χ0) is 9.26. The average molecular weight is 196 g/mol. The Morgan fingerprint density at radius 3 is 2.69 bits per heavy atom. The summed E-state index contributed by atoms with van der Waals surface area (Å²) in [4.78, 5) is 1.13. The summed E-state index contributed by atoms with van der Waals surface area (Å²) in [6.07, 6.45) is 1.23. The molecular formula is C10H12O2S. The van der Waals surface area contributed by atoms with Crippen LogP contribution in [0.4, 0.5) is 0 Å². The molecule has 2 nitrogen and oxygen atoms in total. The Labute approximate surface area is 81.6 Å². The van der Waals surface area contributed by atoms with Gasteiger partial charge in [-0.2, -0.15) is 0 Å². The molecule has 2 N–H and O–H groups in total. The molecule has 0 radical (unpaired) electrons. The van der Waals surface area contributed by atoms with Crippen molar-refractivity contribution in [2.45, 2.75) is 29.3 Å². The Balaban J connectivity index is 2.11. The minimum absolute atomic E-state index is 0.575. The van der Waals surface area contributed by atoms with E-state index in [-0.39, 0.29) is 0 Å². The molecule has 1 aromatic rings. The van der Waals surface area contributed by atoms with E-state index in [1.165, 1.54) is 12.8 Å². The molecule has 13 heavy (non-hydrogen) atoms. The topological polar surface area (TPSA) is 40.5 Å². The number of rotatable bonds is 3. The van der Waals surface area contributed by atoms with Crippen molar-refractivity contribution in [1.29, 1.82) is 0 Å². The highest BCUT2D eigenvalue weighted by Crippen LogP contribution is 2.39. The molecule has 1 aromatic carbocycles. The van der Waals surface area contributed by atoms with E-state index in [9.17, 15) is 0 Å². The molecule has 0 spiro atoms. The number of benzene rings is 1. The maximum atomic E-state index is 8.94. The summed E-state index contributed by atoms with van der Waals surface area (Å²) in [5.41, 5.74) is 0.575. The van der Waals surface area contributed by atoms with Gasteiger partial charge < -0.3 is 10.2 Å². The quantitative estimate of drug-likeness (QED) is 0.726. The Hall–Kier alpha value is -0.510. The second-order valence-electron chi connectivity index (χ2n) is 3.26. The van der Waals surface area contributed by atoms with Crippen LogP contribution in [0.1, 0.15) is 24.7 Å². The molecule has 0 amide bonds. The largest absolute Gasteiger partial charge is 0.364 e. The first-order valence-corrected chi connectivity index (χ1v) is 5.26. The molecule has 0 heterocycles. The van der Waals surface area contributed by atoms with Crippen LogP contribution in [-0.4, -0.2) is 15.5 Å². The lowest BCUT2D eigenvalue weighted by molar-refractivity contribution is -0.0426. The highest BCUT2D eigenvalue weighted by Gasteiger charge is 2.22. The lowest BCUT2D eigenvalue weighted by Gasteiger charge is -2.05. The molecule has 1 saturated carbocycles. The van der Waals surface area contributed by atoms with Crippen LogP contribution in [0, 0.1) is 0 Å². The van der Waals surface area contributed by atoms with Gasteiger partial charge in [0, 0.05) is 15.7 Å². The molecule has 0 saturated heterocycles. The molecule has 0 bridgehead atoms. The molecule has 1 fully saturated rings. The monoisotopic (exact) mass is 196 g/mol. The summed E-state index contributed by atoms with van der Waals surface area (Å²) >= 11 is 1.82. The van der Waals surface area contributed by atoms with E-state index in [1.807, 2.05) is 30.0 Å². The van der Waals surface area contributed by atoms with Crippen molar-refractivity contribution in [2.24, 2.45) is 0 Å². The highest BCUT2D eigenvalue weighted by molar-refractivity contribution is 8.00. The fourth-order valence-electron chi connectivity index (χ4n) is 1.13. The van der Waals surface area contributed by atoms with Crippen LogP contribution in [0.15, 0.2) is 29.2 Å².